The van der Waals surface area contributed by atoms with Gasteiger partial charge < -0.3 is 4.74 Å². The molecule has 2 rings (SSSR count). The van der Waals surface area contributed by atoms with Gasteiger partial charge in [-0.2, -0.15) is 5.26 Å². The van der Waals surface area contributed by atoms with Gasteiger partial charge in [0.05, 0.1) is 11.5 Å². The quantitative estimate of drug-likeness (QED) is 0.812. The molecule has 20 heavy (non-hydrogen) atoms. The first kappa shape index (κ1) is 14.7. The van der Waals surface area contributed by atoms with E-state index >= 15 is 0 Å². The first-order valence-electron chi connectivity index (χ1n) is 6.68. The maximum atomic E-state index is 12.1. The van der Waals surface area contributed by atoms with Crippen LogP contribution in [0.3, 0.4) is 0 Å². The van der Waals surface area contributed by atoms with Crippen LogP contribution in [-0.2, 0) is 6.42 Å². The number of benzene rings is 1. The zero-order chi connectivity index (χ0) is 14.6. The normalized spacial score (nSPS) is 18.3. The molecule has 1 fully saturated rings. The van der Waals surface area contributed by atoms with Gasteiger partial charge in [0.15, 0.2) is 0 Å². The Labute approximate surface area is 116 Å². The second-order valence-electron chi connectivity index (χ2n) is 5.32. The number of nitrogens with zero attached hydrogens (tertiary/aromatic N) is 1. The molecule has 5 heteroatoms. The van der Waals surface area contributed by atoms with Gasteiger partial charge >= 0.3 is 6.36 Å². The van der Waals surface area contributed by atoms with Crippen molar-refractivity contribution in [2.24, 2.45) is 5.41 Å². The minimum Gasteiger partial charge on any atom is -0.406 e. The van der Waals surface area contributed by atoms with E-state index in [4.69, 9.17) is 0 Å². The van der Waals surface area contributed by atoms with Crippen molar-refractivity contribution < 1.29 is 17.9 Å². The summed E-state index contributed by atoms with van der Waals surface area (Å²) in [7, 11) is 0. The molecular weight excluding hydrogens is 267 g/mol. The van der Waals surface area contributed by atoms with Crippen LogP contribution in [0.25, 0.3) is 0 Å². The third-order valence-electron chi connectivity index (χ3n) is 3.75. The van der Waals surface area contributed by atoms with Crippen molar-refractivity contribution >= 4 is 0 Å². The Morgan fingerprint density at radius 1 is 1.10 bits per heavy atom. The van der Waals surface area contributed by atoms with Gasteiger partial charge in [-0.25, -0.2) is 0 Å². The topological polar surface area (TPSA) is 33.0 Å². The number of nitriles is 1. The van der Waals surface area contributed by atoms with Crippen molar-refractivity contribution in [3.8, 4) is 11.8 Å². The lowest BCUT2D eigenvalue weighted by molar-refractivity contribution is -0.274. The molecule has 1 aliphatic rings. The summed E-state index contributed by atoms with van der Waals surface area (Å²) >= 11 is 0. The third kappa shape index (κ3) is 3.89. The maximum Gasteiger partial charge on any atom is 0.573 e. The van der Waals surface area contributed by atoms with Gasteiger partial charge in [-0.1, -0.05) is 31.4 Å². The van der Waals surface area contributed by atoms with Crippen LogP contribution in [0.2, 0.25) is 0 Å². The van der Waals surface area contributed by atoms with Crippen molar-refractivity contribution in [2.45, 2.75) is 44.9 Å². The number of hydrogen-bond donors (Lipinski definition) is 0. The molecule has 0 heterocycles. The van der Waals surface area contributed by atoms with Crippen molar-refractivity contribution in [1.29, 1.82) is 5.26 Å². The smallest absolute Gasteiger partial charge is 0.406 e. The van der Waals surface area contributed by atoms with E-state index in [0.717, 1.165) is 37.7 Å². The molecule has 0 amide bonds. The Bertz CT molecular complexity index is 481. The van der Waals surface area contributed by atoms with Gasteiger partial charge in [0.2, 0.25) is 0 Å². The van der Waals surface area contributed by atoms with Crippen LogP contribution in [-0.4, -0.2) is 6.36 Å². The molecule has 0 atom stereocenters. The van der Waals surface area contributed by atoms with Gasteiger partial charge in [-0.3, -0.25) is 0 Å². The van der Waals surface area contributed by atoms with E-state index in [1.807, 2.05) is 0 Å². The summed E-state index contributed by atoms with van der Waals surface area (Å²) in [5, 5.41) is 9.39. The van der Waals surface area contributed by atoms with Gasteiger partial charge in [0.1, 0.15) is 5.75 Å². The molecule has 0 aliphatic heterocycles. The Morgan fingerprint density at radius 2 is 1.70 bits per heavy atom. The lowest BCUT2D eigenvalue weighted by Gasteiger charge is -2.30. The highest BCUT2D eigenvalue weighted by molar-refractivity contribution is 5.29. The van der Waals surface area contributed by atoms with Gasteiger partial charge in [-0.05, 0) is 37.0 Å². The standard InChI is InChI=1S/C15H16F3NO/c16-15(17,18)20-13-6-4-12(5-7-13)10-14(11-19)8-2-1-3-9-14/h4-7H,1-3,8-10H2. The van der Waals surface area contributed by atoms with Crippen LogP contribution < -0.4 is 4.74 Å². The molecule has 0 saturated heterocycles. The Kier molecular flexibility index (Phi) is 4.22. The van der Waals surface area contributed by atoms with Crippen LogP contribution in [0.5, 0.6) is 5.75 Å². The van der Waals surface area contributed by atoms with Gasteiger partial charge in [0.25, 0.3) is 0 Å². The average molecular weight is 283 g/mol. The number of alkyl halides is 3. The fraction of sp³-hybridized carbons (Fsp3) is 0.533. The van der Waals surface area contributed by atoms with E-state index in [0.29, 0.717) is 6.42 Å². The van der Waals surface area contributed by atoms with Crippen molar-refractivity contribution in [3.63, 3.8) is 0 Å². The predicted octanol–water partition coefficient (Wildman–Crippen LogP) is 4.60. The van der Waals surface area contributed by atoms with E-state index < -0.39 is 6.36 Å². The minimum absolute atomic E-state index is 0.226. The largest absolute Gasteiger partial charge is 0.573 e. The summed E-state index contributed by atoms with van der Waals surface area (Å²) in [6, 6.07) is 8.22. The predicted molar refractivity (Wildman–Crippen MR) is 68.0 cm³/mol. The van der Waals surface area contributed by atoms with Gasteiger partial charge in [-0.15, -0.1) is 13.2 Å². The van der Waals surface area contributed by atoms with E-state index in [-0.39, 0.29) is 11.2 Å². The van der Waals surface area contributed by atoms with Crippen LogP contribution in [0.1, 0.15) is 37.7 Å². The zero-order valence-corrected chi connectivity index (χ0v) is 11.0. The van der Waals surface area contributed by atoms with Crippen molar-refractivity contribution in [3.05, 3.63) is 29.8 Å². The molecule has 108 valence electrons. The summed E-state index contributed by atoms with van der Waals surface area (Å²) in [6.07, 6.45) is 0.899. The molecule has 0 radical (unpaired) electrons. The fourth-order valence-corrected chi connectivity index (χ4v) is 2.76. The molecule has 1 aromatic carbocycles. The van der Waals surface area contributed by atoms with E-state index in [9.17, 15) is 18.4 Å². The summed E-state index contributed by atoms with van der Waals surface area (Å²) in [5.41, 5.74) is 0.521. The van der Waals surface area contributed by atoms with Crippen LogP contribution in [0, 0.1) is 16.7 Å². The average Bonchev–Trinajstić information content (AvgIpc) is 2.40. The first-order chi connectivity index (χ1) is 9.42. The van der Waals surface area contributed by atoms with Crippen LogP contribution in [0.15, 0.2) is 24.3 Å². The number of rotatable bonds is 3. The monoisotopic (exact) mass is 283 g/mol. The second kappa shape index (κ2) is 5.74. The molecule has 0 unspecified atom stereocenters. The Balaban J connectivity index is 2.05. The van der Waals surface area contributed by atoms with Crippen LogP contribution >= 0.6 is 0 Å². The highest BCUT2D eigenvalue weighted by atomic mass is 19.4. The summed E-state index contributed by atoms with van der Waals surface area (Å²) in [5.74, 6) is -0.226. The molecule has 1 aromatic rings. The van der Waals surface area contributed by atoms with Crippen molar-refractivity contribution in [2.75, 3.05) is 0 Å². The molecule has 0 spiro atoms. The molecule has 1 saturated carbocycles. The van der Waals surface area contributed by atoms with Crippen molar-refractivity contribution in [1.82, 2.24) is 0 Å². The highest BCUT2D eigenvalue weighted by Crippen LogP contribution is 2.38. The van der Waals surface area contributed by atoms with Crippen LogP contribution in [0.4, 0.5) is 13.2 Å². The fourth-order valence-electron chi connectivity index (χ4n) is 2.76. The third-order valence-corrected chi connectivity index (χ3v) is 3.75. The number of hydrogen-bond acceptors (Lipinski definition) is 2. The zero-order valence-electron chi connectivity index (χ0n) is 11.0. The number of halogens is 3. The molecule has 0 N–H and O–H groups in total. The molecule has 0 aromatic heterocycles. The SMILES string of the molecule is N#CC1(Cc2ccc(OC(F)(F)F)cc2)CCCCC1. The molecular formula is C15H16F3NO. The molecule has 2 nitrogen and oxygen atoms in total. The summed E-state index contributed by atoms with van der Waals surface area (Å²) < 4.78 is 40.0. The summed E-state index contributed by atoms with van der Waals surface area (Å²) in [4.78, 5) is 0. The number of ether oxygens (including phenoxy) is 1. The van der Waals surface area contributed by atoms with E-state index in [2.05, 4.69) is 10.8 Å². The summed E-state index contributed by atoms with van der Waals surface area (Å²) in [6.45, 7) is 0. The lowest BCUT2D eigenvalue weighted by Crippen LogP contribution is -2.24. The second-order valence-corrected chi connectivity index (χ2v) is 5.32. The first-order valence-corrected chi connectivity index (χ1v) is 6.68. The van der Waals surface area contributed by atoms with E-state index in [1.165, 1.54) is 12.1 Å². The molecule has 0 bridgehead atoms. The highest BCUT2D eigenvalue weighted by Gasteiger charge is 2.33. The lowest BCUT2D eigenvalue weighted by atomic mass is 9.71. The van der Waals surface area contributed by atoms with E-state index in [1.54, 1.807) is 12.1 Å². The van der Waals surface area contributed by atoms with Gasteiger partial charge in [0, 0.05) is 0 Å². The minimum atomic E-state index is -4.67. The Morgan fingerprint density at radius 3 is 2.20 bits per heavy atom. The molecule has 1 aliphatic carbocycles. The Hall–Kier alpha value is -1.70. The maximum absolute atomic E-state index is 12.1.